The van der Waals surface area contributed by atoms with Gasteiger partial charge in [0.15, 0.2) is 0 Å². The van der Waals surface area contributed by atoms with E-state index in [1.807, 2.05) is 0 Å². The first-order valence-electron chi connectivity index (χ1n) is 6.70. The Morgan fingerprint density at radius 3 is 2.38 bits per heavy atom. The van der Waals surface area contributed by atoms with Gasteiger partial charge in [-0.3, -0.25) is 4.79 Å². The van der Waals surface area contributed by atoms with Gasteiger partial charge >= 0.3 is 6.18 Å². The van der Waals surface area contributed by atoms with Gasteiger partial charge in [-0.05, 0) is 43.9 Å². The van der Waals surface area contributed by atoms with Crippen molar-refractivity contribution in [2.24, 2.45) is 11.7 Å². The minimum atomic E-state index is -4.41. The van der Waals surface area contributed by atoms with Crippen LogP contribution in [0.2, 0.25) is 0 Å². The summed E-state index contributed by atoms with van der Waals surface area (Å²) in [6.45, 7) is 0. The number of carbonyl (C=O) groups is 1. The summed E-state index contributed by atoms with van der Waals surface area (Å²) < 4.78 is 39.5. The average Bonchev–Trinajstić information content (AvgIpc) is 2.40. The van der Waals surface area contributed by atoms with Gasteiger partial charge < -0.3 is 11.1 Å². The second kappa shape index (κ2) is 6.25. The average molecular weight is 365 g/mol. The zero-order valence-electron chi connectivity index (χ0n) is 11.2. The lowest BCUT2D eigenvalue weighted by molar-refractivity contribution is -0.137. The standard InChI is InChI=1S/C14H16BrF3N2O/c15-9-3-6-12(11(7-9)14(16,17)18)20-10-4-1-8(2-5-10)13(19)21/h3,6-8,10,20H,1-2,4-5H2,(H2,19,21). The van der Waals surface area contributed by atoms with Crippen molar-refractivity contribution >= 4 is 27.5 Å². The lowest BCUT2D eigenvalue weighted by atomic mass is 9.85. The number of nitrogens with two attached hydrogens (primary N) is 1. The van der Waals surface area contributed by atoms with Gasteiger partial charge in [0.05, 0.1) is 5.56 Å². The molecule has 116 valence electrons. The van der Waals surface area contributed by atoms with E-state index in [4.69, 9.17) is 5.73 Å². The van der Waals surface area contributed by atoms with Crippen LogP contribution in [0.25, 0.3) is 0 Å². The van der Waals surface area contributed by atoms with E-state index in [1.54, 1.807) is 6.07 Å². The molecule has 1 aliphatic carbocycles. The van der Waals surface area contributed by atoms with Crippen LogP contribution in [0.3, 0.4) is 0 Å². The monoisotopic (exact) mass is 364 g/mol. The molecule has 7 heteroatoms. The van der Waals surface area contributed by atoms with E-state index in [0.717, 1.165) is 6.07 Å². The van der Waals surface area contributed by atoms with Gasteiger partial charge in [0.25, 0.3) is 0 Å². The van der Waals surface area contributed by atoms with Gasteiger partial charge in [0, 0.05) is 22.1 Å². The van der Waals surface area contributed by atoms with Crippen LogP contribution in [0.4, 0.5) is 18.9 Å². The Kier molecular flexibility index (Phi) is 4.81. The maximum absolute atomic E-state index is 13.0. The molecular weight excluding hydrogens is 349 g/mol. The molecule has 1 aromatic rings. The molecule has 1 amide bonds. The number of amides is 1. The fraction of sp³-hybridized carbons (Fsp3) is 0.500. The summed E-state index contributed by atoms with van der Waals surface area (Å²) in [5.41, 5.74) is 4.64. The van der Waals surface area contributed by atoms with Crippen molar-refractivity contribution in [1.29, 1.82) is 0 Å². The van der Waals surface area contributed by atoms with Crippen LogP contribution in [0.5, 0.6) is 0 Å². The second-order valence-electron chi connectivity index (χ2n) is 5.28. The van der Waals surface area contributed by atoms with Gasteiger partial charge in [-0.15, -0.1) is 0 Å². The van der Waals surface area contributed by atoms with Gasteiger partial charge in [-0.2, -0.15) is 13.2 Å². The molecule has 21 heavy (non-hydrogen) atoms. The summed E-state index contributed by atoms with van der Waals surface area (Å²) >= 11 is 3.06. The number of rotatable bonds is 3. The van der Waals surface area contributed by atoms with Crippen LogP contribution in [0, 0.1) is 5.92 Å². The summed E-state index contributed by atoms with van der Waals surface area (Å²) in [7, 11) is 0. The summed E-state index contributed by atoms with van der Waals surface area (Å²) in [6, 6.07) is 4.00. The molecule has 1 aliphatic rings. The van der Waals surface area contributed by atoms with E-state index >= 15 is 0 Å². The van der Waals surface area contributed by atoms with Crippen LogP contribution in [0.15, 0.2) is 22.7 Å². The summed E-state index contributed by atoms with van der Waals surface area (Å²) in [5.74, 6) is -0.483. The third-order valence-electron chi connectivity index (χ3n) is 3.78. The van der Waals surface area contributed by atoms with Crippen molar-refractivity contribution in [3.63, 3.8) is 0 Å². The van der Waals surface area contributed by atoms with E-state index in [2.05, 4.69) is 21.2 Å². The molecule has 0 bridgehead atoms. The van der Waals surface area contributed by atoms with Crippen molar-refractivity contribution in [2.45, 2.75) is 37.9 Å². The Morgan fingerprint density at radius 2 is 1.86 bits per heavy atom. The van der Waals surface area contributed by atoms with Crippen molar-refractivity contribution in [3.05, 3.63) is 28.2 Å². The van der Waals surface area contributed by atoms with Crippen molar-refractivity contribution in [1.82, 2.24) is 0 Å². The number of halogens is 4. The van der Waals surface area contributed by atoms with Gasteiger partial charge in [0.2, 0.25) is 5.91 Å². The highest BCUT2D eigenvalue weighted by Crippen LogP contribution is 2.38. The SMILES string of the molecule is NC(=O)C1CCC(Nc2ccc(Br)cc2C(F)(F)F)CC1. The first-order chi connectivity index (χ1) is 9.77. The van der Waals surface area contributed by atoms with E-state index < -0.39 is 11.7 Å². The minimum absolute atomic E-state index is 0.0668. The molecule has 0 spiro atoms. The molecule has 0 aromatic heterocycles. The summed E-state index contributed by atoms with van der Waals surface area (Å²) in [4.78, 5) is 11.1. The minimum Gasteiger partial charge on any atom is -0.382 e. The first kappa shape index (κ1) is 16.1. The van der Waals surface area contributed by atoms with E-state index in [-0.39, 0.29) is 23.6 Å². The van der Waals surface area contributed by atoms with E-state index in [9.17, 15) is 18.0 Å². The third kappa shape index (κ3) is 4.12. The molecule has 1 aromatic carbocycles. The highest BCUT2D eigenvalue weighted by molar-refractivity contribution is 9.10. The van der Waals surface area contributed by atoms with Crippen LogP contribution in [-0.4, -0.2) is 11.9 Å². The molecule has 1 fully saturated rings. The molecular formula is C14H16BrF3N2O. The molecule has 0 aliphatic heterocycles. The molecule has 3 N–H and O–H groups in total. The van der Waals surface area contributed by atoms with Crippen molar-refractivity contribution in [2.75, 3.05) is 5.32 Å². The van der Waals surface area contributed by atoms with Crippen molar-refractivity contribution < 1.29 is 18.0 Å². The Hall–Kier alpha value is -1.24. The highest BCUT2D eigenvalue weighted by atomic mass is 79.9. The number of alkyl halides is 3. The van der Waals surface area contributed by atoms with Crippen LogP contribution in [-0.2, 0) is 11.0 Å². The van der Waals surface area contributed by atoms with E-state index in [0.29, 0.717) is 30.2 Å². The number of hydrogen-bond acceptors (Lipinski definition) is 2. The zero-order valence-corrected chi connectivity index (χ0v) is 12.8. The first-order valence-corrected chi connectivity index (χ1v) is 7.49. The topological polar surface area (TPSA) is 55.1 Å². The Bertz CT molecular complexity index is 525. The van der Waals surface area contributed by atoms with Crippen molar-refractivity contribution in [3.8, 4) is 0 Å². The molecule has 0 heterocycles. The Balaban J connectivity index is 2.09. The predicted octanol–water partition coefficient (Wildman–Crippen LogP) is 3.92. The van der Waals surface area contributed by atoms with Crippen LogP contribution < -0.4 is 11.1 Å². The smallest absolute Gasteiger partial charge is 0.382 e. The van der Waals surface area contributed by atoms with E-state index in [1.165, 1.54) is 6.07 Å². The molecule has 3 nitrogen and oxygen atoms in total. The van der Waals surface area contributed by atoms with Crippen LogP contribution >= 0.6 is 15.9 Å². The fourth-order valence-corrected chi connectivity index (χ4v) is 2.98. The molecule has 0 atom stereocenters. The summed E-state index contributed by atoms with van der Waals surface area (Å²) in [5, 5.41) is 2.95. The molecule has 1 saturated carbocycles. The molecule has 2 rings (SSSR count). The van der Waals surface area contributed by atoms with Gasteiger partial charge in [-0.25, -0.2) is 0 Å². The number of carbonyl (C=O) groups excluding carboxylic acids is 1. The number of anilines is 1. The van der Waals surface area contributed by atoms with Gasteiger partial charge in [-0.1, -0.05) is 15.9 Å². The fourth-order valence-electron chi connectivity index (χ4n) is 2.62. The Labute approximate surface area is 129 Å². The summed E-state index contributed by atoms with van der Waals surface area (Å²) in [6.07, 6.45) is -1.89. The number of primary amides is 1. The lowest BCUT2D eigenvalue weighted by Crippen LogP contribution is -2.32. The van der Waals surface area contributed by atoms with Gasteiger partial charge in [0.1, 0.15) is 0 Å². The maximum Gasteiger partial charge on any atom is 0.418 e. The highest BCUT2D eigenvalue weighted by Gasteiger charge is 2.34. The number of hydrogen-bond donors (Lipinski definition) is 2. The molecule has 0 unspecified atom stereocenters. The normalized spacial score (nSPS) is 22.9. The quantitative estimate of drug-likeness (QED) is 0.853. The molecule has 0 radical (unpaired) electrons. The second-order valence-corrected chi connectivity index (χ2v) is 6.20. The number of nitrogens with one attached hydrogen (secondary N) is 1. The zero-order chi connectivity index (χ0) is 15.6. The Morgan fingerprint density at radius 1 is 1.24 bits per heavy atom. The lowest BCUT2D eigenvalue weighted by Gasteiger charge is -2.29. The molecule has 0 saturated heterocycles. The largest absolute Gasteiger partial charge is 0.418 e. The van der Waals surface area contributed by atoms with Crippen LogP contribution in [0.1, 0.15) is 31.2 Å². The number of benzene rings is 1. The maximum atomic E-state index is 13.0. The predicted molar refractivity (Wildman–Crippen MR) is 77.7 cm³/mol. The third-order valence-corrected chi connectivity index (χ3v) is 4.27.